The third-order valence-corrected chi connectivity index (χ3v) is 4.31. The van der Waals surface area contributed by atoms with Crippen molar-refractivity contribution in [2.24, 2.45) is 0 Å². The molecule has 2 N–H and O–H groups in total. The van der Waals surface area contributed by atoms with Crippen molar-refractivity contribution in [2.75, 3.05) is 12.4 Å². The zero-order chi connectivity index (χ0) is 14.8. The molecule has 0 aliphatic heterocycles. The van der Waals surface area contributed by atoms with Gasteiger partial charge in [-0.1, -0.05) is 5.16 Å². The summed E-state index contributed by atoms with van der Waals surface area (Å²) in [6.45, 7) is 1.79. The van der Waals surface area contributed by atoms with Crippen molar-refractivity contribution in [2.45, 2.75) is 18.4 Å². The van der Waals surface area contributed by atoms with Crippen LogP contribution < -0.4 is 10.0 Å². The maximum Gasteiger partial charge on any atom is 0.244 e. The van der Waals surface area contributed by atoms with Crippen LogP contribution in [0.1, 0.15) is 11.5 Å². The van der Waals surface area contributed by atoms with E-state index in [1.54, 1.807) is 20.0 Å². The number of hydrogen-bond acceptors (Lipinski definition) is 6. The maximum atomic E-state index is 12.3. The van der Waals surface area contributed by atoms with Crippen LogP contribution in [0.25, 0.3) is 0 Å². The quantitative estimate of drug-likeness (QED) is 0.841. The van der Waals surface area contributed by atoms with Gasteiger partial charge in [-0.05, 0) is 28.9 Å². The summed E-state index contributed by atoms with van der Waals surface area (Å²) in [6.07, 6.45) is 1.52. The van der Waals surface area contributed by atoms with Crippen LogP contribution in [-0.2, 0) is 16.6 Å². The van der Waals surface area contributed by atoms with E-state index in [9.17, 15) is 8.42 Å². The van der Waals surface area contributed by atoms with Gasteiger partial charge in [0.1, 0.15) is 10.7 Å². The molecule has 0 unspecified atom stereocenters. The molecule has 0 radical (unpaired) electrons. The summed E-state index contributed by atoms with van der Waals surface area (Å²) in [5.74, 6) is 0.717. The molecule has 0 atom stereocenters. The number of nitrogens with zero attached hydrogens (tertiary/aromatic N) is 2. The van der Waals surface area contributed by atoms with E-state index in [0.29, 0.717) is 15.9 Å². The Kier molecular flexibility index (Phi) is 4.41. The molecule has 2 heterocycles. The second kappa shape index (κ2) is 5.90. The molecule has 9 heteroatoms. The minimum atomic E-state index is -3.71. The summed E-state index contributed by atoms with van der Waals surface area (Å²) in [7, 11) is -2.10. The predicted molar refractivity (Wildman–Crippen MR) is 76.7 cm³/mol. The Morgan fingerprint density at radius 2 is 2.15 bits per heavy atom. The van der Waals surface area contributed by atoms with E-state index in [1.807, 2.05) is 0 Å². The zero-order valence-corrected chi connectivity index (χ0v) is 13.2. The van der Waals surface area contributed by atoms with Crippen molar-refractivity contribution in [1.29, 1.82) is 0 Å². The third kappa shape index (κ3) is 3.35. The molecule has 7 nitrogen and oxygen atoms in total. The van der Waals surface area contributed by atoms with Gasteiger partial charge >= 0.3 is 0 Å². The highest BCUT2D eigenvalue weighted by molar-refractivity contribution is 9.10. The molecule has 2 aromatic rings. The minimum Gasteiger partial charge on any atom is -0.372 e. The third-order valence-electron chi connectivity index (χ3n) is 2.46. The largest absolute Gasteiger partial charge is 0.372 e. The van der Waals surface area contributed by atoms with E-state index in [4.69, 9.17) is 4.52 Å². The van der Waals surface area contributed by atoms with Crippen molar-refractivity contribution >= 4 is 31.8 Å². The van der Waals surface area contributed by atoms with Gasteiger partial charge in [-0.3, -0.25) is 0 Å². The van der Waals surface area contributed by atoms with Crippen LogP contribution >= 0.6 is 15.9 Å². The number of pyridine rings is 1. The van der Waals surface area contributed by atoms with E-state index in [-0.39, 0.29) is 17.3 Å². The van der Waals surface area contributed by atoms with Crippen molar-refractivity contribution in [3.8, 4) is 0 Å². The van der Waals surface area contributed by atoms with E-state index in [2.05, 4.69) is 36.1 Å². The number of sulfonamides is 1. The highest BCUT2D eigenvalue weighted by Crippen LogP contribution is 2.22. The fourth-order valence-corrected chi connectivity index (χ4v) is 3.22. The second-order valence-electron chi connectivity index (χ2n) is 4.01. The van der Waals surface area contributed by atoms with Gasteiger partial charge < -0.3 is 9.84 Å². The molecule has 20 heavy (non-hydrogen) atoms. The first kappa shape index (κ1) is 14.9. The number of aromatic nitrogens is 2. The first-order chi connectivity index (χ1) is 9.42. The van der Waals surface area contributed by atoms with Crippen molar-refractivity contribution < 1.29 is 12.9 Å². The Bertz CT molecular complexity index is 714. The lowest BCUT2D eigenvalue weighted by molar-refractivity contribution is 0.377. The summed E-state index contributed by atoms with van der Waals surface area (Å²) < 4.78 is 32.5. The lowest BCUT2D eigenvalue weighted by Crippen LogP contribution is -2.24. The minimum absolute atomic E-state index is 0.0266. The molecule has 0 bridgehead atoms. The average Bonchev–Trinajstić information content (AvgIpc) is 2.82. The number of rotatable bonds is 5. The molecule has 0 aromatic carbocycles. The molecular formula is C11H13BrN4O3S. The van der Waals surface area contributed by atoms with Gasteiger partial charge in [-0.25, -0.2) is 18.1 Å². The fraction of sp³-hybridized carbons (Fsp3) is 0.273. The van der Waals surface area contributed by atoms with E-state index in [1.165, 1.54) is 12.3 Å². The van der Waals surface area contributed by atoms with E-state index >= 15 is 0 Å². The normalized spacial score (nSPS) is 11.6. The maximum absolute atomic E-state index is 12.3. The number of halogens is 1. The summed E-state index contributed by atoms with van der Waals surface area (Å²) in [5.41, 5.74) is 0.694. The Hall–Kier alpha value is -1.45. The Morgan fingerprint density at radius 1 is 1.40 bits per heavy atom. The first-order valence-corrected chi connectivity index (χ1v) is 7.95. The van der Waals surface area contributed by atoms with Crippen LogP contribution in [0.3, 0.4) is 0 Å². The number of anilines is 1. The molecule has 0 saturated heterocycles. The van der Waals surface area contributed by atoms with Crippen LogP contribution in [-0.4, -0.2) is 25.6 Å². The highest BCUT2D eigenvalue weighted by atomic mass is 79.9. The molecule has 2 aromatic heterocycles. The zero-order valence-electron chi connectivity index (χ0n) is 10.8. The Morgan fingerprint density at radius 3 is 2.75 bits per heavy atom. The van der Waals surface area contributed by atoms with Crippen LogP contribution in [0, 0.1) is 6.92 Å². The average molecular weight is 361 g/mol. The van der Waals surface area contributed by atoms with Crippen LogP contribution in [0.15, 0.2) is 32.2 Å². The van der Waals surface area contributed by atoms with Gasteiger partial charge in [0.05, 0.1) is 12.2 Å². The van der Waals surface area contributed by atoms with E-state index < -0.39 is 10.0 Å². The Balaban J connectivity index is 2.24. The number of hydrogen-bond donors (Lipinski definition) is 2. The van der Waals surface area contributed by atoms with Gasteiger partial charge in [0.15, 0.2) is 5.76 Å². The predicted octanol–water partition coefficient (Wildman–Crippen LogP) is 1.66. The summed E-state index contributed by atoms with van der Waals surface area (Å²) in [5, 5.41) is 6.44. The number of aryl methyl sites for hydroxylation is 1. The fourth-order valence-electron chi connectivity index (χ4n) is 1.56. The molecule has 2 rings (SSSR count). The molecule has 0 aliphatic carbocycles. The highest BCUT2D eigenvalue weighted by Gasteiger charge is 2.20. The first-order valence-electron chi connectivity index (χ1n) is 5.67. The molecule has 0 amide bonds. The molecule has 0 spiro atoms. The molecule has 0 aliphatic rings. The van der Waals surface area contributed by atoms with Gasteiger partial charge in [0, 0.05) is 23.8 Å². The van der Waals surface area contributed by atoms with Gasteiger partial charge in [0.25, 0.3) is 0 Å². The summed E-state index contributed by atoms with van der Waals surface area (Å²) >= 11 is 3.21. The molecule has 108 valence electrons. The van der Waals surface area contributed by atoms with Crippen LogP contribution in [0.4, 0.5) is 5.82 Å². The summed E-state index contributed by atoms with van der Waals surface area (Å²) in [4.78, 5) is 4.07. The van der Waals surface area contributed by atoms with Crippen LogP contribution in [0.5, 0.6) is 0 Å². The van der Waals surface area contributed by atoms with Gasteiger partial charge in [0.2, 0.25) is 10.0 Å². The van der Waals surface area contributed by atoms with Crippen molar-refractivity contribution in [3.63, 3.8) is 0 Å². The smallest absolute Gasteiger partial charge is 0.244 e. The molecule has 0 fully saturated rings. The standard InChI is InChI=1S/C11H13BrN4O3S/c1-7-3-9(19-16-7)6-15-20(17,18)10-4-8(12)5-14-11(10)13-2/h3-5,15H,6H2,1-2H3,(H,13,14). The lowest BCUT2D eigenvalue weighted by Gasteiger charge is -2.09. The Labute approximate surface area is 124 Å². The van der Waals surface area contributed by atoms with Crippen molar-refractivity contribution in [3.05, 3.63) is 34.3 Å². The van der Waals surface area contributed by atoms with Crippen LogP contribution in [0.2, 0.25) is 0 Å². The topological polar surface area (TPSA) is 97.1 Å². The molecular weight excluding hydrogens is 348 g/mol. The van der Waals surface area contributed by atoms with Gasteiger partial charge in [-0.15, -0.1) is 0 Å². The second-order valence-corrected chi connectivity index (χ2v) is 6.66. The molecule has 0 saturated carbocycles. The van der Waals surface area contributed by atoms with Crippen molar-refractivity contribution in [1.82, 2.24) is 14.9 Å². The monoisotopic (exact) mass is 360 g/mol. The summed E-state index contributed by atoms with van der Waals surface area (Å²) in [6, 6.07) is 3.15. The lowest BCUT2D eigenvalue weighted by atomic mass is 10.4. The van der Waals surface area contributed by atoms with Gasteiger partial charge in [-0.2, -0.15) is 0 Å². The number of nitrogens with one attached hydrogen (secondary N) is 2. The van der Waals surface area contributed by atoms with E-state index in [0.717, 1.165) is 0 Å². The SMILES string of the molecule is CNc1ncc(Br)cc1S(=O)(=O)NCc1cc(C)no1.